The van der Waals surface area contributed by atoms with Gasteiger partial charge in [-0.1, -0.05) is 0 Å². The van der Waals surface area contributed by atoms with Crippen LogP contribution in [0.25, 0.3) is 0 Å². The van der Waals surface area contributed by atoms with Crippen LogP contribution in [0.1, 0.15) is 22.8 Å². The molecule has 1 N–H and O–H groups in total. The van der Waals surface area contributed by atoms with E-state index in [4.69, 9.17) is 9.47 Å². The maximum Gasteiger partial charge on any atom is 0.325 e. The van der Waals surface area contributed by atoms with E-state index in [-0.39, 0.29) is 11.1 Å². The Labute approximate surface area is 165 Å². The van der Waals surface area contributed by atoms with E-state index in [0.29, 0.717) is 16.4 Å². The molecule has 1 fully saturated rings. The van der Waals surface area contributed by atoms with Crippen molar-refractivity contribution in [2.75, 3.05) is 20.8 Å². The van der Waals surface area contributed by atoms with Crippen LogP contribution in [0.5, 0.6) is 11.5 Å². The number of carbonyl (C=O) groups excluding carboxylic acids is 3. The first-order valence-corrected chi connectivity index (χ1v) is 8.56. The number of ketones is 1. The van der Waals surface area contributed by atoms with E-state index in [0.717, 1.165) is 18.2 Å². The number of urea groups is 1. The molecule has 2 aromatic rings. The van der Waals surface area contributed by atoms with Crippen LogP contribution in [0, 0.1) is 11.6 Å². The summed E-state index contributed by atoms with van der Waals surface area (Å²) < 4.78 is 38.0. The van der Waals surface area contributed by atoms with Gasteiger partial charge in [0.25, 0.3) is 5.91 Å². The maximum absolute atomic E-state index is 14.2. The third kappa shape index (κ3) is 3.51. The highest BCUT2D eigenvalue weighted by molar-refractivity contribution is 6.11. The molecule has 1 aliphatic heterocycles. The van der Waals surface area contributed by atoms with Crippen LogP contribution in [-0.2, 0) is 10.3 Å². The number of hydrogen-bond acceptors (Lipinski definition) is 5. The van der Waals surface area contributed by atoms with Gasteiger partial charge in [-0.3, -0.25) is 14.5 Å². The van der Waals surface area contributed by atoms with Crippen molar-refractivity contribution in [3.63, 3.8) is 0 Å². The summed E-state index contributed by atoms with van der Waals surface area (Å²) in [5.41, 5.74) is -1.97. The number of ether oxygens (including phenoxy) is 2. The van der Waals surface area contributed by atoms with E-state index < -0.39 is 41.4 Å². The van der Waals surface area contributed by atoms with E-state index in [1.807, 2.05) is 0 Å². The predicted molar refractivity (Wildman–Crippen MR) is 97.8 cm³/mol. The first-order chi connectivity index (χ1) is 13.7. The quantitative estimate of drug-likeness (QED) is 0.591. The molecule has 1 aliphatic rings. The fourth-order valence-corrected chi connectivity index (χ4v) is 3.15. The first-order valence-electron chi connectivity index (χ1n) is 8.56. The van der Waals surface area contributed by atoms with Gasteiger partial charge in [-0.15, -0.1) is 0 Å². The number of amides is 3. The lowest BCUT2D eigenvalue weighted by Crippen LogP contribution is -2.42. The summed E-state index contributed by atoms with van der Waals surface area (Å²) in [6.07, 6.45) is 0. The first kappa shape index (κ1) is 20.2. The summed E-state index contributed by atoms with van der Waals surface area (Å²) in [6, 6.07) is 6.14. The van der Waals surface area contributed by atoms with Crippen molar-refractivity contribution >= 4 is 17.7 Å². The van der Waals surface area contributed by atoms with Crippen molar-refractivity contribution in [2.24, 2.45) is 0 Å². The lowest BCUT2D eigenvalue weighted by molar-refractivity contribution is -0.130. The monoisotopic (exact) mass is 404 g/mol. The van der Waals surface area contributed by atoms with Gasteiger partial charge in [-0.05, 0) is 43.3 Å². The van der Waals surface area contributed by atoms with Crippen LogP contribution in [0.15, 0.2) is 36.4 Å². The second kappa shape index (κ2) is 7.50. The molecular weight excluding hydrogens is 386 g/mol. The van der Waals surface area contributed by atoms with Gasteiger partial charge in [0.1, 0.15) is 17.2 Å². The maximum atomic E-state index is 14.2. The summed E-state index contributed by atoms with van der Waals surface area (Å²) in [7, 11) is 2.85. The zero-order valence-electron chi connectivity index (χ0n) is 15.9. The molecule has 0 saturated carbocycles. The Morgan fingerprint density at radius 3 is 2.41 bits per heavy atom. The molecule has 0 bridgehead atoms. The van der Waals surface area contributed by atoms with Gasteiger partial charge >= 0.3 is 6.03 Å². The van der Waals surface area contributed by atoms with Gasteiger partial charge in [-0.2, -0.15) is 0 Å². The Balaban J connectivity index is 1.87. The minimum Gasteiger partial charge on any atom is -0.493 e. The zero-order valence-corrected chi connectivity index (χ0v) is 15.9. The number of benzene rings is 2. The van der Waals surface area contributed by atoms with Gasteiger partial charge in [-0.25, -0.2) is 13.6 Å². The van der Waals surface area contributed by atoms with Gasteiger partial charge in [0.05, 0.1) is 20.8 Å². The van der Waals surface area contributed by atoms with Crippen LogP contribution in [0.4, 0.5) is 13.6 Å². The Morgan fingerprint density at radius 1 is 1.07 bits per heavy atom. The number of methoxy groups -OCH3 is 2. The van der Waals surface area contributed by atoms with Crippen molar-refractivity contribution in [2.45, 2.75) is 12.5 Å². The molecule has 7 nitrogen and oxygen atoms in total. The van der Waals surface area contributed by atoms with Crippen LogP contribution in [0.3, 0.4) is 0 Å². The molecule has 3 rings (SSSR count). The summed E-state index contributed by atoms with van der Waals surface area (Å²) in [4.78, 5) is 38.5. The Hall–Kier alpha value is -3.49. The van der Waals surface area contributed by atoms with E-state index in [1.54, 1.807) is 0 Å². The highest BCUT2D eigenvalue weighted by atomic mass is 19.1. The zero-order chi connectivity index (χ0) is 21.3. The molecule has 1 atom stereocenters. The molecule has 3 amide bonds. The average Bonchev–Trinajstić information content (AvgIpc) is 2.92. The van der Waals surface area contributed by atoms with Crippen molar-refractivity contribution in [1.82, 2.24) is 10.2 Å². The Morgan fingerprint density at radius 2 is 1.76 bits per heavy atom. The molecule has 0 aromatic heterocycles. The lowest BCUT2D eigenvalue weighted by Gasteiger charge is -2.22. The normalized spacial score (nSPS) is 18.6. The van der Waals surface area contributed by atoms with Crippen molar-refractivity contribution < 1.29 is 32.6 Å². The average molecular weight is 404 g/mol. The Bertz CT molecular complexity index is 1010. The van der Waals surface area contributed by atoms with Crippen LogP contribution in [0.2, 0.25) is 0 Å². The molecule has 9 heteroatoms. The summed E-state index contributed by atoms with van der Waals surface area (Å²) in [5.74, 6) is -2.30. The Kier molecular flexibility index (Phi) is 5.23. The van der Waals surface area contributed by atoms with Crippen LogP contribution in [-0.4, -0.2) is 43.4 Å². The molecule has 152 valence electrons. The molecule has 0 radical (unpaired) electrons. The number of rotatable bonds is 6. The standard InChI is InChI=1S/C20H18F2N2O5/c1-20(13-9-12(21)5-6-14(13)22)18(26)24(19(27)23-20)10-15(25)11-4-7-16(28-2)17(8-11)29-3/h4-9H,10H2,1-3H3,(H,23,27)/t20-/m0/s1. The summed E-state index contributed by atoms with van der Waals surface area (Å²) >= 11 is 0. The number of Topliss-reactive ketones (excluding diaryl/α,β-unsaturated/α-hetero) is 1. The number of nitrogens with one attached hydrogen (secondary N) is 1. The van der Waals surface area contributed by atoms with E-state index >= 15 is 0 Å². The van der Waals surface area contributed by atoms with Gasteiger partial charge < -0.3 is 14.8 Å². The van der Waals surface area contributed by atoms with E-state index in [2.05, 4.69) is 5.32 Å². The molecular formula is C20H18F2N2O5. The highest BCUT2D eigenvalue weighted by Crippen LogP contribution is 2.32. The molecule has 1 saturated heterocycles. The van der Waals surface area contributed by atoms with Crippen molar-refractivity contribution in [3.05, 3.63) is 59.2 Å². The van der Waals surface area contributed by atoms with E-state index in [1.165, 1.54) is 39.3 Å². The largest absolute Gasteiger partial charge is 0.493 e. The lowest BCUT2D eigenvalue weighted by atomic mass is 9.91. The fraction of sp³-hybridized carbons (Fsp3) is 0.250. The minimum absolute atomic E-state index is 0.189. The third-order valence-corrected chi connectivity index (χ3v) is 4.75. The molecule has 0 unspecified atom stereocenters. The number of halogens is 2. The number of hydrogen-bond donors (Lipinski definition) is 1. The second-order valence-corrected chi connectivity index (χ2v) is 6.56. The molecule has 0 spiro atoms. The smallest absolute Gasteiger partial charge is 0.325 e. The number of imide groups is 1. The summed E-state index contributed by atoms with van der Waals surface area (Å²) in [6.45, 7) is 0.679. The third-order valence-electron chi connectivity index (χ3n) is 4.75. The second-order valence-electron chi connectivity index (χ2n) is 6.56. The SMILES string of the molecule is COc1ccc(C(=O)CN2C(=O)N[C@@](C)(c3cc(F)ccc3F)C2=O)cc1OC. The van der Waals surface area contributed by atoms with Crippen LogP contribution < -0.4 is 14.8 Å². The van der Waals surface area contributed by atoms with Crippen molar-refractivity contribution in [1.29, 1.82) is 0 Å². The number of nitrogens with zero attached hydrogens (tertiary/aromatic N) is 1. The molecule has 29 heavy (non-hydrogen) atoms. The highest BCUT2D eigenvalue weighted by Gasteiger charge is 2.50. The van der Waals surface area contributed by atoms with Crippen LogP contribution >= 0.6 is 0 Å². The van der Waals surface area contributed by atoms with Crippen molar-refractivity contribution in [3.8, 4) is 11.5 Å². The predicted octanol–water partition coefficient (Wildman–Crippen LogP) is 2.63. The van der Waals surface area contributed by atoms with E-state index in [9.17, 15) is 23.2 Å². The molecule has 1 heterocycles. The summed E-state index contributed by atoms with van der Waals surface area (Å²) in [5, 5.41) is 2.35. The minimum atomic E-state index is -1.83. The van der Waals surface area contributed by atoms with Gasteiger partial charge in [0.2, 0.25) is 0 Å². The number of carbonyl (C=O) groups is 3. The fourth-order valence-electron chi connectivity index (χ4n) is 3.15. The van der Waals surface area contributed by atoms with Gasteiger partial charge in [0, 0.05) is 11.1 Å². The van der Waals surface area contributed by atoms with Gasteiger partial charge in [0.15, 0.2) is 17.3 Å². The topological polar surface area (TPSA) is 84.9 Å². The molecule has 0 aliphatic carbocycles. The molecule has 2 aromatic carbocycles.